The van der Waals surface area contributed by atoms with E-state index >= 15 is 0 Å². The first-order chi connectivity index (χ1) is 16.2. The lowest BCUT2D eigenvalue weighted by atomic mass is 10.1. The molecule has 34 heavy (non-hydrogen) atoms. The van der Waals surface area contributed by atoms with Crippen LogP contribution in [0.4, 0.5) is 0 Å². The van der Waals surface area contributed by atoms with Crippen molar-refractivity contribution in [2.75, 3.05) is 54.1 Å². The van der Waals surface area contributed by atoms with Gasteiger partial charge >= 0.3 is 0 Å². The monoisotopic (exact) mass is 507 g/mol. The van der Waals surface area contributed by atoms with Gasteiger partial charge in [0, 0.05) is 6.61 Å². The van der Waals surface area contributed by atoms with Crippen LogP contribution < -0.4 is 4.89 Å². The summed E-state index contributed by atoms with van der Waals surface area (Å²) in [6.07, 6.45) is 21.3. The Hall–Kier alpha value is -0.270. The molecular formula is C26H54NO6P. The summed E-state index contributed by atoms with van der Waals surface area (Å²) in [6.45, 7) is 3.12. The molecule has 0 fully saturated rings. The van der Waals surface area contributed by atoms with Gasteiger partial charge in [-0.1, -0.05) is 76.9 Å². The number of phosphoric ester groups is 1. The zero-order valence-corrected chi connectivity index (χ0v) is 23.4. The number of rotatable bonds is 25. The van der Waals surface area contributed by atoms with Crippen LogP contribution in [0.25, 0.3) is 0 Å². The molecule has 7 nitrogen and oxygen atoms in total. The average Bonchev–Trinajstić information content (AvgIpc) is 2.76. The van der Waals surface area contributed by atoms with Gasteiger partial charge in [-0.3, -0.25) is 4.57 Å². The van der Waals surface area contributed by atoms with Crippen LogP contribution in [0, 0.1) is 0 Å². The lowest BCUT2D eigenvalue weighted by Crippen LogP contribution is -2.37. The highest BCUT2D eigenvalue weighted by atomic mass is 31.2. The molecule has 204 valence electrons. The number of aliphatic hydroxyl groups is 1. The third-order valence-electron chi connectivity index (χ3n) is 5.55. The summed E-state index contributed by atoms with van der Waals surface area (Å²) in [4.78, 5) is 11.7. The number of aliphatic hydroxyl groups excluding tert-OH is 1. The van der Waals surface area contributed by atoms with Crippen molar-refractivity contribution >= 4 is 7.82 Å². The van der Waals surface area contributed by atoms with Crippen molar-refractivity contribution in [3.8, 4) is 0 Å². The molecule has 0 aromatic heterocycles. The Morgan fingerprint density at radius 2 is 1.32 bits per heavy atom. The number of hydrogen-bond acceptors (Lipinski definition) is 6. The van der Waals surface area contributed by atoms with Gasteiger partial charge in [-0.2, -0.15) is 0 Å². The molecule has 0 radical (unpaired) electrons. The Labute approximate surface area is 210 Å². The molecule has 8 heteroatoms. The van der Waals surface area contributed by atoms with Gasteiger partial charge in [0.05, 0.1) is 34.4 Å². The molecule has 1 unspecified atom stereocenters. The molecule has 0 saturated carbocycles. The van der Waals surface area contributed by atoms with Gasteiger partial charge in [0.15, 0.2) is 0 Å². The molecular weight excluding hydrogens is 453 g/mol. The maximum Gasteiger partial charge on any atom is 0.268 e. The summed E-state index contributed by atoms with van der Waals surface area (Å²) in [5, 5.41) is 9.83. The van der Waals surface area contributed by atoms with Gasteiger partial charge in [0.2, 0.25) is 0 Å². The van der Waals surface area contributed by atoms with E-state index in [1.807, 2.05) is 21.1 Å². The van der Waals surface area contributed by atoms with E-state index in [0.717, 1.165) is 12.8 Å². The van der Waals surface area contributed by atoms with Crippen molar-refractivity contribution in [3.05, 3.63) is 12.2 Å². The third-order valence-corrected chi connectivity index (χ3v) is 6.51. The van der Waals surface area contributed by atoms with Crippen LogP contribution in [0.3, 0.4) is 0 Å². The highest BCUT2D eigenvalue weighted by Crippen LogP contribution is 2.38. The standard InChI is InChI=1S/C26H54NO6P/c1-5-6-7-8-9-10-11-12-13-14-15-16-17-18-19-20-22-31-24-26(28)25-33-34(29,30)32-23-21-27(2,3)4/h10-11,26,28H,5-9,12-25H2,1-4H3/b11-10-/t26-/m1/s1. The zero-order valence-electron chi connectivity index (χ0n) is 22.5. The van der Waals surface area contributed by atoms with Gasteiger partial charge in [0.25, 0.3) is 7.82 Å². The Kier molecular flexibility index (Phi) is 21.8. The van der Waals surface area contributed by atoms with E-state index in [1.165, 1.54) is 77.0 Å². The lowest BCUT2D eigenvalue weighted by molar-refractivity contribution is -0.870. The number of phosphoric acid groups is 1. The molecule has 1 N–H and O–H groups in total. The lowest BCUT2D eigenvalue weighted by Gasteiger charge is -2.27. The summed E-state index contributed by atoms with van der Waals surface area (Å²) < 4.78 is 27.2. The van der Waals surface area contributed by atoms with Gasteiger partial charge in [-0.15, -0.1) is 0 Å². The smallest absolute Gasteiger partial charge is 0.268 e. The van der Waals surface area contributed by atoms with Crippen LogP contribution in [0.1, 0.15) is 96.8 Å². The first kappa shape index (κ1) is 33.7. The molecule has 0 aromatic carbocycles. The van der Waals surface area contributed by atoms with Crippen molar-refractivity contribution in [3.63, 3.8) is 0 Å². The van der Waals surface area contributed by atoms with Crippen LogP contribution >= 0.6 is 7.82 Å². The molecule has 0 saturated heterocycles. The van der Waals surface area contributed by atoms with Crippen molar-refractivity contribution in [2.24, 2.45) is 0 Å². The fourth-order valence-corrected chi connectivity index (χ4v) is 4.09. The third kappa shape index (κ3) is 26.3. The number of ether oxygens (including phenoxy) is 1. The molecule has 0 aliphatic heterocycles. The quantitative estimate of drug-likeness (QED) is 0.0748. The van der Waals surface area contributed by atoms with E-state index in [0.29, 0.717) is 17.6 Å². The molecule has 0 aliphatic carbocycles. The van der Waals surface area contributed by atoms with Crippen molar-refractivity contribution in [1.29, 1.82) is 0 Å². The van der Waals surface area contributed by atoms with Gasteiger partial charge < -0.3 is 28.3 Å². The fourth-order valence-electron chi connectivity index (χ4n) is 3.36. The highest BCUT2D eigenvalue weighted by molar-refractivity contribution is 7.45. The minimum atomic E-state index is -4.39. The van der Waals surface area contributed by atoms with E-state index in [9.17, 15) is 14.6 Å². The number of nitrogens with zero attached hydrogens (tertiary/aromatic N) is 1. The summed E-state index contributed by atoms with van der Waals surface area (Å²) in [7, 11) is 1.44. The zero-order chi connectivity index (χ0) is 25.5. The Bertz CT molecular complexity index is 524. The van der Waals surface area contributed by atoms with Crippen LogP contribution in [0.5, 0.6) is 0 Å². The van der Waals surface area contributed by atoms with E-state index in [2.05, 4.69) is 19.1 Å². The van der Waals surface area contributed by atoms with Gasteiger partial charge in [0.1, 0.15) is 19.3 Å². The first-order valence-corrected chi connectivity index (χ1v) is 14.9. The molecule has 0 rings (SSSR count). The van der Waals surface area contributed by atoms with Gasteiger partial charge in [-0.05, 0) is 32.1 Å². The molecule has 0 spiro atoms. The summed E-state index contributed by atoms with van der Waals surface area (Å²) in [5.41, 5.74) is 0. The maximum atomic E-state index is 11.7. The predicted octanol–water partition coefficient (Wildman–Crippen LogP) is 5.61. The van der Waals surface area contributed by atoms with Crippen LogP contribution in [0.2, 0.25) is 0 Å². The molecule has 0 aromatic rings. The van der Waals surface area contributed by atoms with Crippen molar-refractivity contribution in [2.45, 2.75) is 103 Å². The Morgan fingerprint density at radius 3 is 1.88 bits per heavy atom. The first-order valence-electron chi connectivity index (χ1n) is 13.5. The average molecular weight is 508 g/mol. The van der Waals surface area contributed by atoms with Crippen molar-refractivity contribution in [1.82, 2.24) is 0 Å². The minimum absolute atomic E-state index is 0.0491. The highest BCUT2D eigenvalue weighted by Gasteiger charge is 2.15. The molecule has 0 amide bonds. The summed E-state index contributed by atoms with van der Waals surface area (Å²) in [6, 6.07) is 0. The summed E-state index contributed by atoms with van der Waals surface area (Å²) in [5.74, 6) is 0. The number of allylic oxidation sites excluding steroid dienone is 2. The van der Waals surface area contributed by atoms with Crippen LogP contribution in [0.15, 0.2) is 12.2 Å². The van der Waals surface area contributed by atoms with E-state index in [4.69, 9.17) is 13.8 Å². The number of hydrogen-bond donors (Lipinski definition) is 1. The van der Waals surface area contributed by atoms with Crippen molar-refractivity contribution < 1.29 is 32.8 Å². The van der Waals surface area contributed by atoms with Crippen LogP contribution in [-0.4, -0.2) is 69.8 Å². The number of quaternary nitrogens is 1. The SMILES string of the molecule is CCCCCC/C=C\CCCCCCCCCCOC[C@@H](O)COP(=O)([O-])OCC[N+](C)(C)C. The Balaban J connectivity index is 3.42. The largest absolute Gasteiger partial charge is 0.756 e. The Morgan fingerprint density at radius 1 is 0.794 bits per heavy atom. The van der Waals surface area contributed by atoms with E-state index in [1.54, 1.807) is 0 Å². The topological polar surface area (TPSA) is 88.0 Å². The second kappa shape index (κ2) is 22.0. The number of likely N-dealkylation sites (N-methyl/N-ethyl adjacent to an activating group) is 1. The minimum Gasteiger partial charge on any atom is -0.756 e. The second-order valence-corrected chi connectivity index (χ2v) is 11.7. The molecule has 0 heterocycles. The van der Waals surface area contributed by atoms with Crippen LogP contribution in [-0.2, 0) is 18.3 Å². The van der Waals surface area contributed by atoms with Gasteiger partial charge in [-0.25, -0.2) is 0 Å². The summed E-state index contributed by atoms with van der Waals surface area (Å²) >= 11 is 0. The maximum absolute atomic E-state index is 11.7. The molecule has 0 bridgehead atoms. The normalized spacial score (nSPS) is 15.1. The number of unbranched alkanes of at least 4 members (excludes halogenated alkanes) is 12. The molecule has 2 atom stereocenters. The second-order valence-electron chi connectivity index (χ2n) is 10.3. The fraction of sp³-hybridized carbons (Fsp3) is 0.923. The molecule has 0 aliphatic rings. The van der Waals surface area contributed by atoms with E-state index in [-0.39, 0.29) is 19.8 Å². The predicted molar refractivity (Wildman–Crippen MR) is 139 cm³/mol. The van der Waals surface area contributed by atoms with E-state index < -0.39 is 13.9 Å².